The highest BCUT2D eigenvalue weighted by molar-refractivity contribution is 7.94. The van der Waals surface area contributed by atoms with Crippen molar-refractivity contribution in [3.8, 4) is 0 Å². The molecule has 0 spiro atoms. The molecule has 0 aliphatic heterocycles. The van der Waals surface area contributed by atoms with Gasteiger partial charge >= 0.3 is 5.97 Å². The van der Waals surface area contributed by atoms with Crippen molar-refractivity contribution in [3.05, 3.63) is 46.8 Å². The number of sulfonamides is 1. The molecule has 0 aliphatic rings. The van der Waals surface area contributed by atoms with Gasteiger partial charge in [-0.3, -0.25) is 9.10 Å². The van der Waals surface area contributed by atoms with Crippen LogP contribution in [-0.4, -0.2) is 28.0 Å². The molecule has 0 amide bonds. The number of esters is 1. The fourth-order valence-electron chi connectivity index (χ4n) is 1.90. The summed E-state index contributed by atoms with van der Waals surface area (Å²) < 4.78 is 31.4. The second kappa shape index (κ2) is 6.50. The number of aryl methyl sites for hydroxylation is 2. The molecule has 2 rings (SSSR count). The standard InChI is InChI=1S/C15H17NO4S2/c1-11-6-7-13(9-12(11)2)16(10-14(17)20-3)22(18,19)15-5-4-8-21-15/h4-9H,10H2,1-3H3. The zero-order valence-corrected chi connectivity index (χ0v) is 14.2. The lowest BCUT2D eigenvalue weighted by atomic mass is 10.1. The van der Waals surface area contributed by atoms with E-state index >= 15 is 0 Å². The smallest absolute Gasteiger partial charge is 0.326 e. The number of carbonyl (C=O) groups excluding carboxylic acids is 1. The van der Waals surface area contributed by atoms with Crippen LogP contribution in [0.4, 0.5) is 5.69 Å². The number of thiophene rings is 1. The Bertz CT molecular complexity index is 767. The fourth-order valence-corrected chi connectivity index (χ4v) is 4.40. The summed E-state index contributed by atoms with van der Waals surface area (Å²) in [6, 6.07) is 8.46. The maximum Gasteiger partial charge on any atom is 0.326 e. The van der Waals surface area contributed by atoms with E-state index in [1.807, 2.05) is 19.9 Å². The number of nitrogens with zero attached hydrogens (tertiary/aromatic N) is 1. The van der Waals surface area contributed by atoms with E-state index in [1.165, 1.54) is 13.2 Å². The zero-order chi connectivity index (χ0) is 16.3. The van der Waals surface area contributed by atoms with Gasteiger partial charge in [-0.15, -0.1) is 11.3 Å². The van der Waals surface area contributed by atoms with Gasteiger partial charge in [0.15, 0.2) is 0 Å². The van der Waals surface area contributed by atoms with Crippen LogP contribution in [0.3, 0.4) is 0 Å². The Kier molecular flexibility index (Phi) is 4.87. The summed E-state index contributed by atoms with van der Waals surface area (Å²) in [7, 11) is -2.56. The molecule has 118 valence electrons. The Morgan fingerprint density at radius 3 is 2.50 bits per heavy atom. The van der Waals surface area contributed by atoms with Crippen molar-refractivity contribution < 1.29 is 17.9 Å². The number of carbonyl (C=O) groups is 1. The largest absolute Gasteiger partial charge is 0.468 e. The summed E-state index contributed by atoms with van der Waals surface area (Å²) in [5.41, 5.74) is 2.45. The van der Waals surface area contributed by atoms with Crippen LogP contribution in [-0.2, 0) is 19.6 Å². The van der Waals surface area contributed by atoms with Gasteiger partial charge in [0.1, 0.15) is 10.8 Å². The van der Waals surface area contributed by atoms with Crippen molar-refractivity contribution in [2.24, 2.45) is 0 Å². The first-order valence-electron chi connectivity index (χ1n) is 6.56. The van der Waals surface area contributed by atoms with Crippen molar-refractivity contribution in [3.63, 3.8) is 0 Å². The van der Waals surface area contributed by atoms with Gasteiger partial charge in [0, 0.05) is 0 Å². The first-order valence-corrected chi connectivity index (χ1v) is 8.88. The van der Waals surface area contributed by atoms with Crippen molar-refractivity contribution in [1.82, 2.24) is 0 Å². The Labute approximate surface area is 134 Å². The van der Waals surface area contributed by atoms with Crippen molar-refractivity contribution in [2.45, 2.75) is 18.1 Å². The molecule has 0 N–H and O–H groups in total. The number of hydrogen-bond acceptors (Lipinski definition) is 5. The summed E-state index contributed by atoms with van der Waals surface area (Å²) in [5, 5.41) is 1.68. The summed E-state index contributed by atoms with van der Waals surface area (Å²) in [6.45, 7) is 3.48. The van der Waals surface area contributed by atoms with Gasteiger partial charge in [-0.2, -0.15) is 0 Å². The van der Waals surface area contributed by atoms with Gasteiger partial charge in [0.2, 0.25) is 0 Å². The van der Waals surface area contributed by atoms with Gasteiger partial charge < -0.3 is 4.74 Å². The lowest BCUT2D eigenvalue weighted by Crippen LogP contribution is -2.36. The van der Waals surface area contributed by atoms with Crippen molar-refractivity contribution >= 4 is 33.0 Å². The molecule has 2 aromatic rings. The van der Waals surface area contributed by atoms with E-state index in [-0.39, 0.29) is 10.8 Å². The molecule has 0 aliphatic carbocycles. The predicted molar refractivity (Wildman–Crippen MR) is 86.8 cm³/mol. The Morgan fingerprint density at radius 1 is 1.23 bits per heavy atom. The molecule has 1 heterocycles. The summed E-state index contributed by atoms with van der Waals surface area (Å²) >= 11 is 1.11. The van der Waals surface area contributed by atoms with Crippen molar-refractivity contribution in [2.75, 3.05) is 18.0 Å². The fraction of sp³-hybridized carbons (Fsp3) is 0.267. The summed E-state index contributed by atoms with van der Waals surface area (Å²) in [6.07, 6.45) is 0. The minimum Gasteiger partial charge on any atom is -0.468 e. The molecular formula is C15H17NO4S2. The second-order valence-electron chi connectivity index (χ2n) is 4.79. The minimum atomic E-state index is -3.79. The predicted octanol–water partition coefficient (Wildman–Crippen LogP) is 2.73. The van der Waals surface area contributed by atoms with Crippen LogP contribution < -0.4 is 4.31 Å². The molecule has 1 aromatic heterocycles. The highest BCUT2D eigenvalue weighted by Gasteiger charge is 2.28. The van der Waals surface area contributed by atoms with Crippen LogP contribution in [0.1, 0.15) is 11.1 Å². The lowest BCUT2D eigenvalue weighted by Gasteiger charge is -2.23. The van der Waals surface area contributed by atoms with Gasteiger partial charge in [0.25, 0.3) is 10.0 Å². The van der Waals surface area contributed by atoms with E-state index in [2.05, 4.69) is 4.74 Å². The average molecular weight is 339 g/mol. The first-order chi connectivity index (χ1) is 10.4. The van der Waals surface area contributed by atoms with Gasteiger partial charge in [-0.1, -0.05) is 12.1 Å². The number of methoxy groups -OCH3 is 1. The molecule has 0 bridgehead atoms. The minimum absolute atomic E-state index is 0.189. The van der Waals surface area contributed by atoms with E-state index < -0.39 is 16.0 Å². The van der Waals surface area contributed by atoms with E-state index in [1.54, 1.807) is 23.6 Å². The summed E-state index contributed by atoms with van der Waals surface area (Å²) in [4.78, 5) is 11.6. The lowest BCUT2D eigenvalue weighted by molar-refractivity contribution is -0.138. The quantitative estimate of drug-likeness (QED) is 0.786. The van der Waals surface area contributed by atoms with Crippen LogP contribution >= 0.6 is 11.3 Å². The Hall–Kier alpha value is -1.86. The van der Waals surface area contributed by atoms with Crippen LogP contribution in [0.15, 0.2) is 39.9 Å². The highest BCUT2D eigenvalue weighted by Crippen LogP contribution is 2.27. The Morgan fingerprint density at radius 2 is 1.95 bits per heavy atom. The molecule has 7 heteroatoms. The Balaban J connectivity index is 2.51. The molecule has 5 nitrogen and oxygen atoms in total. The third-order valence-electron chi connectivity index (χ3n) is 3.32. The van der Waals surface area contributed by atoms with E-state index in [9.17, 15) is 13.2 Å². The number of benzene rings is 1. The molecule has 0 radical (unpaired) electrons. The number of anilines is 1. The molecule has 0 saturated carbocycles. The van der Waals surface area contributed by atoms with Crippen LogP contribution in [0.25, 0.3) is 0 Å². The van der Waals surface area contributed by atoms with Gasteiger partial charge in [-0.05, 0) is 48.6 Å². The van der Waals surface area contributed by atoms with Crippen LogP contribution in [0.5, 0.6) is 0 Å². The van der Waals surface area contributed by atoms with E-state index in [0.717, 1.165) is 26.8 Å². The second-order valence-corrected chi connectivity index (χ2v) is 7.83. The van der Waals surface area contributed by atoms with E-state index in [4.69, 9.17) is 0 Å². The normalized spacial score (nSPS) is 11.2. The first kappa shape index (κ1) is 16.5. The highest BCUT2D eigenvalue weighted by atomic mass is 32.2. The van der Waals surface area contributed by atoms with Crippen molar-refractivity contribution in [1.29, 1.82) is 0 Å². The van der Waals surface area contributed by atoms with Crippen LogP contribution in [0, 0.1) is 13.8 Å². The molecule has 0 saturated heterocycles. The summed E-state index contributed by atoms with van der Waals surface area (Å²) in [5.74, 6) is -0.613. The molecular weight excluding hydrogens is 322 g/mol. The van der Waals surface area contributed by atoms with Gasteiger partial charge in [-0.25, -0.2) is 8.42 Å². The van der Waals surface area contributed by atoms with E-state index in [0.29, 0.717) is 5.69 Å². The van der Waals surface area contributed by atoms with Crippen LogP contribution in [0.2, 0.25) is 0 Å². The molecule has 0 unspecified atom stereocenters. The number of hydrogen-bond donors (Lipinski definition) is 0. The maximum absolute atomic E-state index is 12.8. The molecule has 0 fully saturated rings. The third kappa shape index (κ3) is 3.31. The molecule has 0 atom stereocenters. The monoisotopic (exact) mass is 339 g/mol. The SMILES string of the molecule is COC(=O)CN(c1ccc(C)c(C)c1)S(=O)(=O)c1cccs1. The maximum atomic E-state index is 12.8. The average Bonchev–Trinajstić information content (AvgIpc) is 3.02. The number of ether oxygens (including phenoxy) is 1. The third-order valence-corrected chi connectivity index (χ3v) is 6.47. The molecule has 22 heavy (non-hydrogen) atoms. The number of rotatable bonds is 5. The molecule has 1 aromatic carbocycles. The zero-order valence-electron chi connectivity index (χ0n) is 12.6. The van der Waals surface area contributed by atoms with Gasteiger partial charge in [0.05, 0.1) is 12.8 Å². The topological polar surface area (TPSA) is 63.7 Å².